The van der Waals surface area contributed by atoms with E-state index in [9.17, 15) is 0 Å². The third-order valence-electron chi connectivity index (χ3n) is 4.19. The molecule has 0 saturated carbocycles. The highest BCUT2D eigenvalue weighted by Crippen LogP contribution is 2.36. The minimum absolute atomic E-state index is 0.0558. The van der Waals surface area contributed by atoms with E-state index >= 15 is 0 Å². The summed E-state index contributed by atoms with van der Waals surface area (Å²) in [5.74, 6) is 0.460. The van der Waals surface area contributed by atoms with Crippen LogP contribution >= 0.6 is 22.9 Å². The van der Waals surface area contributed by atoms with E-state index in [1.165, 1.54) is 22.7 Å². The number of nitrogen functional groups attached to an aromatic ring is 2. The summed E-state index contributed by atoms with van der Waals surface area (Å²) in [4.78, 5) is 15.0. The normalized spacial score (nSPS) is 12.2. The Morgan fingerprint density at radius 3 is 2.14 bits per heavy atom. The van der Waals surface area contributed by atoms with Gasteiger partial charge < -0.3 is 11.5 Å². The number of thiophene rings is 1. The molecule has 0 saturated heterocycles. The Morgan fingerprint density at radius 2 is 1.50 bits per heavy atom. The smallest absolute Gasteiger partial charge is 0.154 e. The molecule has 4 rings (SSSR count). The lowest BCUT2D eigenvalue weighted by atomic mass is 9.93. The van der Waals surface area contributed by atoms with Gasteiger partial charge in [0.15, 0.2) is 5.82 Å². The number of fused-ring (bicyclic) bond motifs is 2. The van der Waals surface area contributed by atoms with Crippen molar-refractivity contribution in [3.63, 3.8) is 0 Å². The molecule has 4 heterocycles. The van der Waals surface area contributed by atoms with Gasteiger partial charge in [-0.3, -0.25) is 4.98 Å². The largest absolute Gasteiger partial charge is 0.398 e. The van der Waals surface area contributed by atoms with Gasteiger partial charge in [0.2, 0.25) is 0 Å². The first-order valence-electron chi connectivity index (χ1n) is 8.98. The lowest BCUT2D eigenvalue weighted by Crippen LogP contribution is -2.09. The molecule has 4 aromatic rings. The van der Waals surface area contributed by atoms with Gasteiger partial charge in [-0.1, -0.05) is 41.5 Å². The van der Waals surface area contributed by atoms with Crippen molar-refractivity contribution in [2.24, 2.45) is 0 Å². The van der Waals surface area contributed by atoms with Crippen molar-refractivity contribution in [3.8, 4) is 0 Å². The minimum atomic E-state index is 0.0558. The summed E-state index contributed by atoms with van der Waals surface area (Å²) in [6.45, 7) is 13.0. The zero-order valence-electron chi connectivity index (χ0n) is 17.1. The lowest BCUT2D eigenvalue weighted by Gasteiger charge is -2.16. The predicted molar refractivity (Wildman–Crippen MR) is 121 cm³/mol. The van der Waals surface area contributed by atoms with Crippen LogP contribution in [-0.2, 0) is 10.8 Å². The molecule has 0 aliphatic heterocycles. The maximum atomic E-state index is 5.88. The molecule has 0 radical (unpaired) electrons. The van der Waals surface area contributed by atoms with Crippen LogP contribution < -0.4 is 11.5 Å². The van der Waals surface area contributed by atoms with Crippen LogP contribution in [0.15, 0.2) is 24.0 Å². The van der Waals surface area contributed by atoms with Crippen LogP contribution in [0, 0.1) is 0 Å². The van der Waals surface area contributed by atoms with Crippen LogP contribution in [0.3, 0.4) is 0 Å². The first-order valence-corrected chi connectivity index (χ1v) is 10.6. The first-order chi connectivity index (χ1) is 13.0. The Hall–Kier alpha value is -2.32. The molecule has 0 aromatic carbocycles. The van der Waals surface area contributed by atoms with Crippen LogP contribution in [0.1, 0.15) is 51.3 Å². The topological polar surface area (TPSA) is 104 Å². The molecule has 148 valence electrons. The van der Waals surface area contributed by atoms with E-state index in [2.05, 4.69) is 66.2 Å². The summed E-state index contributed by atoms with van der Waals surface area (Å²) in [5, 5.41) is 3.18. The van der Waals surface area contributed by atoms with E-state index in [4.69, 9.17) is 11.5 Å². The maximum absolute atomic E-state index is 5.88. The summed E-state index contributed by atoms with van der Waals surface area (Å²) in [6.07, 6.45) is 3.26. The van der Waals surface area contributed by atoms with E-state index < -0.39 is 0 Å². The van der Waals surface area contributed by atoms with Gasteiger partial charge in [-0.15, -0.1) is 11.3 Å². The second-order valence-corrected chi connectivity index (χ2v) is 10.3. The molecular formula is C20H26N6S2. The highest BCUT2D eigenvalue weighted by Gasteiger charge is 2.22. The van der Waals surface area contributed by atoms with Gasteiger partial charge in [-0.25, -0.2) is 9.97 Å². The van der Waals surface area contributed by atoms with Crippen molar-refractivity contribution >= 4 is 56.3 Å². The minimum Gasteiger partial charge on any atom is -0.398 e. The van der Waals surface area contributed by atoms with Gasteiger partial charge in [0.25, 0.3) is 0 Å². The zero-order valence-corrected chi connectivity index (χ0v) is 18.7. The maximum Gasteiger partial charge on any atom is 0.154 e. The molecule has 0 aliphatic carbocycles. The quantitative estimate of drug-likeness (QED) is 0.413. The molecule has 0 unspecified atom stereocenters. The van der Waals surface area contributed by atoms with Crippen LogP contribution in [0.25, 0.3) is 21.9 Å². The number of nitrogens with two attached hydrogens (primary N) is 2. The van der Waals surface area contributed by atoms with E-state index in [1.54, 1.807) is 17.5 Å². The predicted octanol–water partition coefficient (Wildman–Crippen LogP) is 5.14. The average Bonchev–Trinajstić information content (AvgIpc) is 3.19. The summed E-state index contributed by atoms with van der Waals surface area (Å²) < 4.78 is 4.28. The molecule has 8 heteroatoms. The fourth-order valence-corrected chi connectivity index (χ4v) is 4.76. The fourth-order valence-electron chi connectivity index (χ4n) is 2.77. The Balaban J connectivity index is 0.000000161. The van der Waals surface area contributed by atoms with E-state index in [0.717, 1.165) is 32.5 Å². The standard InChI is InChI=1S/C11H14N2S.C9H12N4S/c1-11(2,3)10-9-7(6-14-10)8(12)4-5-13-9;1-9(2,3)7-5-6(13-14-7)8(10)12-4-11-5/h4-6H,12H2,1-3H3;4H,1-3H3,(H2,10,11,12). The van der Waals surface area contributed by atoms with E-state index in [-0.39, 0.29) is 10.8 Å². The van der Waals surface area contributed by atoms with Gasteiger partial charge in [-0.05, 0) is 23.0 Å². The average molecular weight is 415 g/mol. The van der Waals surface area contributed by atoms with Crippen LogP contribution in [0.2, 0.25) is 0 Å². The first kappa shape index (κ1) is 20.4. The Morgan fingerprint density at radius 1 is 0.821 bits per heavy atom. The molecule has 0 amide bonds. The molecule has 4 N–H and O–H groups in total. The summed E-state index contributed by atoms with van der Waals surface area (Å²) >= 11 is 3.19. The molecular weight excluding hydrogens is 388 g/mol. The molecule has 0 atom stereocenters. The van der Waals surface area contributed by atoms with Crippen LogP contribution in [0.5, 0.6) is 0 Å². The van der Waals surface area contributed by atoms with E-state index in [0.29, 0.717) is 5.82 Å². The number of hydrogen-bond donors (Lipinski definition) is 2. The molecule has 0 fully saturated rings. The summed E-state index contributed by atoms with van der Waals surface area (Å²) in [5.41, 5.74) is 15.3. The number of anilines is 2. The van der Waals surface area contributed by atoms with Crippen molar-refractivity contribution in [2.45, 2.75) is 52.4 Å². The van der Waals surface area contributed by atoms with Gasteiger partial charge in [0, 0.05) is 32.9 Å². The van der Waals surface area contributed by atoms with Crippen molar-refractivity contribution < 1.29 is 0 Å². The fraction of sp³-hybridized carbons (Fsp3) is 0.400. The van der Waals surface area contributed by atoms with Gasteiger partial charge in [0.05, 0.1) is 10.4 Å². The van der Waals surface area contributed by atoms with Gasteiger partial charge in [-0.2, -0.15) is 4.37 Å². The second-order valence-electron chi connectivity index (χ2n) is 8.70. The molecule has 0 aliphatic rings. The second kappa shape index (κ2) is 7.25. The van der Waals surface area contributed by atoms with E-state index in [1.807, 2.05) is 6.07 Å². The summed E-state index contributed by atoms with van der Waals surface area (Å²) in [6, 6.07) is 1.85. The number of hydrogen-bond acceptors (Lipinski definition) is 8. The van der Waals surface area contributed by atoms with Crippen molar-refractivity contribution in [3.05, 3.63) is 33.7 Å². The highest BCUT2D eigenvalue weighted by atomic mass is 32.1. The number of aromatic nitrogens is 4. The SMILES string of the molecule is CC(C)(C)c1scc2c(N)ccnc12.CC(C)(C)c1snc2c(N)ncnc12. The monoisotopic (exact) mass is 414 g/mol. The van der Waals surface area contributed by atoms with Crippen molar-refractivity contribution in [1.29, 1.82) is 0 Å². The lowest BCUT2D eigenvalue weighted by molar-refractivity contribution is 0.607. The molecule has 0 bridgehead atoms. The van der Waals surface area contributed by atoms with Gasteiger partial charge in [0.1, 0.15) is 17.4 Å². The zero-order chi connectivity index (χ0) is 20.7. The van der Waals surface area contributed by atoms with Crippen LogP contribution in [-0.4, -0.2) is 19.3 Å². The Kier molecular flexibility index (Phi) is 5.29. The Bertz CT molecular complexity index is 1030. The molecule has 6 nitrogen and oxygen atoms in total. The third kappa shape index (κ3) is 3.93. The van der Waals surface area contributed by atoms with Gasteiger partial charge >= 0.3 is 0 Å². The number of rotatable bonds is 0. The third-order valence-corrected chi connectivity index (χ3v) is 6.85. The van der Waals surface area contributed by atoms with Crippen LogP contribution in [0.4, 0.5) is 11.5 Å². The van der Waals surface area contributed by atoms with Crippen molar-refractivity contribution in [2.75, 3.05) is 11.5 Å². The molecule has 0 spiro atoms. The molecule has 4 aromatic heterocycles. The summed E-state index contributed by atoms with van der Waals surface area (Å²) in [7, 11) is 0. The van der Waals surface area contributed by atoms with Crippen molar-refractivity contribution in [1.82, 2.24) is 19.3 Å². The Labute approximate surface area is 173 Å². The highest BCUT2D eigenvalue weighted by molar-refractivity contribution is 7.11. The molecule has 28 heavy (non-hydrogen) atoms. The number of pyridine rings is 1. The number of nitrogens with zero attached hydrogens (tertiary/aromatic N) is 4.